The van der Waals surface area contributed by atoms with Gasteiger partial charge in [-0.05, 0) is 6.07 Å². The van der Waals surface area contributed by atoms with Gasteiger partial charge in [-0.1, -0.05) is 5.16 Å². The molecule has 0 radical (unpaired) electrons. The first-order valence-corrected chi connectivity index (χ1v) is 6.11. The lowest BCUT2D eigenvalue weighted by Crippen LogP contribution is -2.29. The van der Waals surface area contributed by atoms with Gasteiger partial charge >= 0.3 is 12.1 Å². The lowest BCUT2D eigenvalue weighted by molar-refractivity contribution is -0.159. The van der Waals surface area contributed by atoms with Crippen LogP contribution in [-0.2, 0) is 12.6 Å². The number of carbonyl (C=O) groups is 1. The van der Waals surface area contributed by atoms with Crippen LogP contribution in [0.5, 0.6) is 0 Å². The van der Waals surface area contributed by atoms with Crippen LogP contribution in [0, 0.1) is 0 Å². The summed E-state index contributed by atoms with van der Waals surface area (Å²) in [6.45, 7) is 0.0921. The van der Waals surface area contributed by atoms with Crippen molar-refractivity contribution >= 4 is 5.91 Å². The van der Waals surface area contributed by atoms with E-state index in [1.54, 1.807) is 0 Å². The molecule has 22 heavy (non-hydrogen) atoms. The van der Waals surface area contributed by atoms with Gasteiger partial charge in [0.2, 0.25) is 5.56 Å². The lowest BCUT2D eigenvalue weighted by Gasteiger charge is -2.15. The van der Waals surface area contributed by atoms with E-state index in [9.17, 15) is 22.8 Å². The van der Waals surface area contributed by atoms with E-state index in [4.69, 9.17) is 0 Å². The number of hydrogen-bond acceptors (Lipinski definition) is 5. The third-order valence-electron chi connectivity index (χ3n) is 2.76. The largest absolute Gasteiger partial charge is 0.471 e. The Bertz CT molecular complexity index is 702. The molecule has 0 atom stereocenters. The predicted molar refractivity (Wildman–Crippen MR) is 67.0 cm³/mol. The minimum Gasteiger partial charge on any atom is -0.341 e. The number of alkyl halides is 3. The van der Waals surface area contributed by atoms with E-state index in [0.29, 0.717) is 0 Å². The van der Waals surface area contributed by atoms with E-state index >= 15 is 0 Å². The molecule has 0 fully saturated rings. The first-order valence-electron chi connectivity index (χ1n) is 6.11. The summed E-state index contributed by atoms with van der Waals surface area (Å²) in [6, 6.07) is 2.56. The summed E-state index contributed by atoms with van der Waals surface area (Å²) in [6.07, 6.45) is -3.43. The zero-order chi connectivity index (χ0) is 16.3. The molecule has 0 saturated heterocycles. The van der Waals surface area contributed by atoms with E-state index in [2.05, 4.69) is 19.6 Å². The number of amides is 1. The van der Waals surface area contributed by atoms with Crippen LogP contribution in [0.25, 0.3) is 0 Å². The third-order valence-corrected chi connectivity index (χ3v) is 2.76. The maximum Gasteiger partial charge on any atom is 0.471 e. The molecule has 1 amide bonds. The number of pyridine rings is 1. The first kappa shape index (κ1) is 15.7. The Hall–Kier alpha value is -2.65. The van der Waals surface area contributed by atoms with Gasteiger partial charge in [-0.2, -0.15) is 18.2 Å². The van der Waals surface area contributed by atoms with Crippen LogP contribution >= 0.6 is 0 Å². The van der Waals surface area contributed by atoms with Crippen molar-refractivity contribution in [2.75, 3.05) is 13.6 Å². The minimum absolute atomic E-state index is 0.00513. The van der Waals surface area contributed by atoms with Gasteiger partial charge in [0.1, 0.15) is 0 Å². The Kier molecular flexibility index (Phi) is 4.29. The maximum atomic E-state index is 12.3. The quantitative estimate of drug-likeness (QED) is 0.911. The zero-order valence-corrected chi connectivity index (χ0v) is 11.3. The molecular formula is C12H11F3N4O3. The van der Waals surface area contributed by atoms with Gasteiger partial charge in [-0.25, -0.2) is 0 Å². The highest BCUT2D eigenvalue weighted by Gasteiger charge is 2.38. The number of hydrogen-bond donors (Lipinski definition) is 1. The molecule has 1 N–H and O–H groups in total. The summed E-state index contributed by atoms with van der Waals surface area (Å²) in [7, 11) is 1.47. The summed E-state index contributed by atoms with van der Waals surface area (Å²) in [4.78, 5) is 29.8. The highest BCUT2D eigenvalue weighted by atomic mass is 19.4. The van der Waals surface area contributed by atoms with Crippen molar-refractivity contribution in [1.82, 2.24) is 20.0 Å². The first-order chi connectivity index (χ1) is 10.3. The van der Waals surface area contributed by atoms with Gasteiger partial charge in [0.25, 0.3) is 5.91 Å². The van der Waals surface area contributed by atoms with Crippen LogP contribution in [0.15, 0.2) is 27.6 Å². The molecule has 0 aromatic carbocycles. The van der Waals surface area contributed by atoms with Gasteiger partial charge in [0.15, 0.2) is 5.82 Å². The van der Waals surface area contributed by atoms with Gasteiger partial charge in [-0.3, -0.25) is 9.59 Å². The second kappa shape index (κ2) is 6.00. The number of halogens is 3. The number of aromatic amines is 1. The van der Waals surface area contributed by atoms with Crippen LogP contribution < -0.4 is 5.56 Å². The molecule has 118 valence electrons. The van der Waals surface area contributed by atoms with Crippen molar-refractivity contribution in [3.8, 4) is 0 Å². The highest BCUT2D eigenvalue weighted by molar-refractivity contribution is 5.93. The number of nitrogens with one attached hydrogen (secondary N) is 1. The standard InChI is InChI=1S/C12H11F3N4O3/c1-19(10(21)7-2-3-9(20)16-6-7)5-4-8-17-11(22-18-8)12(13,14)15/h2-3,6H,4-5H2,1H3,(H,16,20). The molecule has 0 aliphatic rings. The van der Waals surface area contributed by atoms with Gasteiger partial charge in [0, 0.05) is 32.3 Å². The fourth-order valence-corrected chi connectivity index (χ4v) is 1.60. The Morgan fingerprint density at radius 2 is 2.14 bits per heavy atom. The minimum atomic E-state index is -4.69. The van der Waals surface area contributed by atoms with Crippen LogP contribution in [-0.4, -0.2) is 39.5 Å². The molecule has 10 heteroatoms. The van der Waals surface area contributed by atoms with E-state index in [0.717, 1.165) is 0 Å². The molecule has 0 unspecified atom stereocenters. The lowest BCUT2D eigenvalue weighted by atomic mass is 10.2. The number of aromatic nitrogens is 3. The Morgan fingerprint density at radius 1 is 1.41 bits per heavy atom. The molecule has 0 aliphatic carbocycles. The summed E-state index contributed by atoms with van der Waals surface area (Å²) >= 11 is 0. The maximum absolute atomic E-state index is 12.3. The van der Waals surface area contributed by atoms with Crippen LogP contribution in [0.3, 0.4) is 0 Å². The fraction of sp³-hybridized carbons (Fsp3) is 0.333. The Balaban J connectivity index is 1.96. The molecule has 2 aromatic heterocycles. The molecule has 0 spiro atoms. The normalized spacial score (nSPS) is 11.5. The Morgan fingerprint density at radius 3 is 2.68 bits per heavy atom. The average molecular weight is 316 g/mol. The van der Waals surface area contributed by atoms with Crippen LogP contribution in [0.2, 0.25) is 0 Å². The second-order valence-electron chi connectivity index (χ2n) is 4.43. The molecule has 0 saturated carbocycles. The molecule has 2 aromatic rings. The SMILES string of the molecule is CN(CCc1noc(C(F)(F)F)n1)C(=O)c1ccc(=O)[nH]c1. The third kappa shape index (κ3) is 3.71. The van der Waals surface area contributed by atoms with Crippen molar-refractivity contribution in [2.45, 2.75) is 12.6 Å². The van der Waals surface area contributed by atoms with Gasteiger partial charge in [0.05, 0.1) is 5.56 Å². The average Bonchev–Trinajstić information content (AvgIpc) is 2.94. The van der Waals surface area contributed by atoms with E-state index in [-0.39, 0.29) is 29.9 Å². The van der Waals surface area contributed by atoms with Gasteiger partial charge < -0.3 is 14.4 Å². The predicted octanol–water partition coefficient (Wildman–Crippen LogP) is 1.09. The van der Waals surface area contributed by atoms with Crippen molar-refractivity contribution in [2.24, 2.45) is 0 Å². The molecular weight excluding hydrogens is 305 g/mol. The van der Waals surface area contributed by atoms with Crippen molar-refractivity contribution in [1.29, 1.82) is 0 Å². The second-order valence-corrected chi connectivity index (χ2v) is 4.43. The number of carbonyl (C=O) groups excluding carboxylic acids is 1. The summed E-state index contributed by atoms with van der Waals surface area (Å²) in [5, 5.41) is 3.21. The molecule has 0 aliphatic heterocycles. The topological polar surface area (TPSA) is 92.1 Å². The molecule has 7 nitrogen and oxygen atoms in total. The molecule has 0 bridgehead atoms. The number of rotatable bonds is 4. The van der Waals surface area contributed by atoms with Crippen LogP contribution in [0.1, 0.15) is 22.1 Å². The number of nitrogens with zero attached hydrogens (tertiary/aromatic N) is 3. The van der Waals surface area contributed by atoms with E-state index in [1.807, 2.05) is 0 Å². The van der Waals surface area contributed by atoms with Crippen LogP contribution in [0.4, 0.5) is 13.2 Å². The van der Waals surface area contributed by atoms with E-state index < -0.39 is 18.0 Å². The van der Waals surface area contributed by atoms with E-state index in [1.165, 1.54) is 30.3 Å². The fourth-order valence-electron chi connectivity index (χ4n) is 1.60. The zero-order valence-electron chi connectivity index (χ0n) is 11.3. The van der Waals surface area contributed by atoms with Crippen molar-refractivity contribution in [3.05, 3.63) is 46.0 Å². The summed E-state index contributed by atoms with van der Waals surface area (Å²) < 4.78 is 41.0. The summed E-state index contributed by atoms with van der Waals surface area (Å²) in [5.41, 5.74) is -0.0862. The summed E-state index contributed by atoms with van der Waals surface area (Å²) in [5.74, 6) is -1.96. The van der Waals surface area contributed by atoms with Gasteiger partial charge in [-0.15, -0.1) is 0 Å². The number of H-pyrrole nitrogens is 1. The molecule has 2 rings (SSSR count). The van der Waals surface area contributed by atoms with Crippen molar-refractivity contribution < 1.29 is 22.5 Å². The number of likely N-dealkylation sites (N-methyl/N-ethyl adjacent to an activating group) is 1. The smallest absolute Gasteiger partial charge is 0.341 e. The Labute approximate surface area is 121 Å². The highest BCUT2D eigenvalue weighted by Crippen LogP contribution is 2.27. The molecule has 2 heterocycles. The van der Waals surface area contributed by atoms with Crippen molar-refractivity contribution in [3.63, 3.8) is 0 Å². The monoisotopic (exact) mass is 316 g/mol.